The van der Waals surface area contributed by atoms with Crippen LogP contribution in [0.1, 0.15) is 18.2 Å². The average Bonchev–Trinajstić information content (AvgIpc) is 3.01. The predicted molar refractivity (Wildman–Crippen MR) is 78.9 cm³/mol. The van der Waals surface area contributed by atoms with E-state index in [9.17, 15) is 9.59 Å². The first-order valence-corrected chi connectivity index (χ1v) is 6.46. The van der Waals surface area contributed by atoms with Gasteiger partial charge in [0, 0.05) is 5.69 Å². The lowest BCUT2D eigenvalue weighted by atomic mass is 10.1. The molecule has 0 aliphatic rings. The van der Waals surface area contributed by atoms with Gasteiger partial charge in [0.2, 0.25) is 0 Å². The van der Waals surface area contributed by atoms with E-state index in [1.807, 2.05) is 19.1 Å². The highest BCUT2D eigenvalue weighted by atomic mass is 16.3. The molecule has 2 N–H and O–H groups in total. The van der Waals surface area contributed by atoms with Gasteiger partial charge in [0.25, 0.3) is 0 Å². The van der Waals surface area contributed by atoms with Crippen molar-refractivity contribution in [2.45, 2.75) is 13.3 Å². The Labute approximate surface area is 121 Å². The summed E-state index contributed by atoms with van der Waals surface area (Å²) in [5.74, 6) is -1.15. The van der Waals surface area contributed by atoms with Crippen molar-refractivity contribution in [3.8, 4) is 0 Å². The third kappa shape index (κ3) is 4.31. The first kappa shape index (κ1) is 14.5. The molecular formula is C15H15N3O3. The number of nitrogens with zero attached hydrogens (tertiary/aromatic N) is 1. The molecule has 1 aromatic carbocycles. The van der Waals surface area contributed by atoms with E-state index in [2.05, 4.69) is 15.8 Å². The fourth-order valence-corrected chi connectivity index (χ4v) is 1.58. The Morgan fingerprint density at radius 1 is 1.19 bits per heavy atom. The van der Waals surface area contributed by atoms with E-state index in [0.29, 0.717) is 11.4 Å². The minimum absolute atomic E-state index is 0.478. The van der Waals surface area contributed by atoms with E-state index in [-0.39, 0.29) is 0 Å². The van der Waals surface area contributed by atoms with Gasteiger partial charge in [0.15, 0.2) is 0 Å². The Balaban J connectivity index is 1.85. The molecule has 0 aliphatic carbocycles. The normalized spacial score (nSPS) is 10.5. The molecule has 0 spiro atoms. The molecule has 2 rings (SSSR count). The van der Waals surface area contributed by atoms with Crippen LogP contribution in [0.5, 0.6) is 0 Å². The van der Waals surface area contributed by atoms with Crippen LogP contribution in [-0.2, 0) is 16.0 Å². The van der Waals surface area contributed by atoms with E-state index in [0.717, 1.165) is 12.0 Å². The third-order valence-electron chi connectivity index (χ3n) is 2.73. The lowest BCUT2D eigenvalue weighted by Crippen LogP contribution is -2.32. The van der Waals surface area contributed by atoms with Crippen LogP contribution in [0.25, 0.3) is 0 Å². The molecule has 21 heavy (non-hydrogen) atoms. The van der Waals surface area contributed by atoms with Gasteiger partial charge in [-0.25, -0.2) is 5.43 Å². The van der Waals surface area contributed by atoms with Gasteiger partial charge < -0.3 is 9.73 Å². The fourth-order valence-electron chi connectivity index (χ4n) is 1.58. The molecule has 6 nitrogen and oxygen atoms in total. The van der Waals surface area contributed by atoms with Crippen molar-refractivity contribution in [1.82, 2.24) is 5.43 Å². The van der Waals surface area contributed by atoms with Crippen LogP contribution in [0.3, 0.4) is 0 Å². The summed E-state index contributed by atoms with van der Waals surface area (Å²) in [5, 5.41) is 6.11. The molecule has 0 fully saturated rings. The van der Waals surface area contributed by atoms with Crippen molar-refractivity contribution in [2.75, 3.05) is 5.32 Å². The number of hydrogen-bond acceptors (Lipinski definition) is 4. The van der Waals surface area contributed by atoms with Crippen LogP contribution in [0.4, 0.5) is 5.69 Å². The molecule has 2 aromatic rings. The second-order valence-corrected chi connectivity index (χ2v) is 4.22. The summed E-state index contributed by atoms with van der Waals surface area (Å²) in [7, 11) is 0. The third-order valence-corrected chi connectivity index (χ3v) is 2.73. The molecule has 6 heteroatoms. The molecule has 0 aliphatic heterocycles. The smallest absolute Gasteiger partial charge is 0.329 e. The minimum atomic E-state index is -0.850. The number of hydrazone groups is 1. The van der Waals surface area contributed by atoms with Crippen molar-refractivity contribution in [3.05, 3.63) is 54.0 Å². The first-order valence-electron chi connectivity index (χ1n) is 6.46. The lowest BCUT2D eigenvalue weighted by Gasteiger charge is -2.04. The SMILES string of the molecule is CCc1ccc(NC(=O)C(=O)N/N=C\c2ccco2)cc1. The highest BCUT2D eigenvalue weighted by Gasteiger charge is 2.12. The summed E-state index contributed by atoms with van der Waals surface area (Å²) in [6, 6.07) is 10.6. The maximum Gasteiger partial charge on any atom is 0.329 e. The maximum absolute atomic E-state index is 11.6. The zero-order valence-electron chi connectivity index (χ0n) is 11.5. The van der Waals surface area contributed by atoms with E-state index in [4.69, 9.17) is 4.42 Å². The van der Waals surface area contributed by atoms with Gasteiger partial charge in [0.1, 0.15) is 5.76 Å². The summed E-state index contributed by atoms with van der Waals surface area (Å²) < 4.78 is 4.99. The van der Waals surface area contributed by atoms with Crippen LogP contribution in [0, 0.1) is 0 Å². The molecule has 108 valence electrons. The number of rotatable bonds is 4. The van der Waals surface area contributed by atoms with Crippen LogP contribution >= 0.6 is 0 Å². The highest BCUT2D eigenvalue weighted by Crippen LogP contribution is 2.09. The van der Waals surface area contributed by atoms with Crippen molar-refractivity contribution in [3.63, 3.8) is 0 Å². The second kappa shape index (κ2) is 7.04. The number of furan rings is 1. The first-order chi connectivity index (χ1) is 10.2. The average molecular weight is 285 g/mol. The Morgan fingerprint density at radius 3 is 2.57 bits per heavy atom. The number of nitrogens with one attached hydrogen (secondary N) is 2. The van der Waals surface area contributed by atoms with E-state index >= 15 is 0 Å². The molecule has 0 unspecified atom stereocenters. The minimum Gasteiger partial charge on any atom is -0.463 e. The summed E-state index contributed by atoms with van der Waals surface area (Å²) in [4.78, 5) is 23.2. The van der Waals surface area contributed by atoms with Crippen LogP contribution in [0.15, 0.2) is 52.2 Å². The molecule has 0 atom stereocenters. The van der Waals surface area contributed by atoms with E-state index in [1.54, 1.807) is 24.3 Å². The lowest BCUT2D eigenvalue weighted by molar-refractivity contribution is -0.136. The topological polar surface area (TPSA) is 83.7 Å². The highest BCUT2D eigenvalue weighted by molar-refractivity contribution is 6.39. The number of benzene rings is 1. The summed E-state index contributed by atoms with van der Waals surface area (Å²) in [5.41, 5.74) is 3.83. The summed E-state index contributed by atoms with van der Waals surface area (Å²) >= 11 is 0. The molecule has 1 aromatic heterocycles. The Kier molecular flexibility index (Phi) is 4.87. The molecule has 0 bridgehead atoms. The number of carbonyl (C=O) groups excluding carboxylic acids is 2. The second-order valence-electron chi connectivity index (χ2n) is 4.22. The van der Waals surface area contributed by atoms with Gasteiger partial charge in [-0.05, 0) is 36.2 Å². The van der Waals surface area contributed by atoms with Gasteiger partial charge in [-0.2, -0.15) is 5.10 Å². The predicted octanol–water partition coefficient (Wildman–Crippen LogP) is 1.93. The van der Waals surface area contributed by atoms with Crippen molar-refractivity contribution >= 4 is 23.7 Å². The maximum atomic E-state index is 11.6. The van der Waals surface area contributed by atoms with Crippen LogP contribution in [0.2, 0.25) is 0 Å². The molecule has 0 saturated heterocycles. The van der Waals surface area contributed by atoms with E-state index < -0.39 is 11.8 Å². The number of aryl methyl sites for hydroxylation is 1. The summed E-state index contributed by atoms with van der Waals surface area (Å²) in [6.07, 6.45) is 3.70. The summed E-state index contributed by atoms with van der Waals surface area (Å²) in [6.45, 7) is 2.04. The van der Waals surface area contributed by atoms with E-state index in [1.165, 1.54) is 12.5 Å². The number of carbonyl (C=O) groups is 2. The Morgan fingerprint density at radius 2 is 1.95 bits per heavy atom. The van der Waals surface area contributed by atoms with Gasteiger partial charge >= 0.3 is 11.8 Å². The van der Waals surface area contributed by atoms with Crippen molar-refractivity contribution in [2.24, 2.45) is 5.10 Å². The monoisotopic (exact) mass is 285 g/mol. The molecule has 0 radical (unpaired) electrons. The zero-order valence-corrected chi connectivity index (χ0v) is 11.5. The van der Waals surface area contributed by atoms with Gasteiger partial charge in [-0.1, -0.05) is 19.1 Å². The molecule has 0 saturated carbocycles. The van der Waals surface area contributed by atoms with Crippen LogP contribution < -0.4 is 10.7 Å². The van der Waals surface area contributed by atoms with Gasteiger partial charge in [-0.15, -0.1) is 0 Å². The number of amides is 2. The fraction of sp³-hybridized carbons (Fsp3) is 0.133. The van der Waals surface area contributed by atoms with Crippen molar-refractivity contribution in [1.29, 1.82) is 0 Å². The van der Waals surface area contributed by atoms with Gasteiger partial charge in [0.05, 0.1) is 12.5 Å². The molecular weight excluding hydrogens is 270 g/mol. The molecule has 1 heterocycles. The largest absolute Gasteiger partial charge is 0.463 e. The quantitative estimate of drug-likeness (QED) is 0.511. The standard InChI is InChI=1S/C15H15N3O3/c1-2-11-5-7-12(8-6-11)17-14(19)15(20)18-16-10-13-4-3-9-21-13/h3-10H,2H2,1H3,(H,17,19)(H,18,20)/b16-10-. The zero-order chi connectivity index (χ0) is 15.1. The van der Waals surface area contributed by atoms with Gasteiger partial charge in [-0.3, -0.25) is 9.59 Å². The number of anilines is 1. The Hall–Kier alpha value is -2.89. The molecule has 2 amide bonds. The number of hydrogen-bond donors (Lipinski definition) is 2. The Bertz CT molecular complexity index is 631. The van der Waals surface area contributed by atoms with Crippen molar-refractivity contribution < 1.29 is 14.0 Å². The van der Waals surface area contributed by atoms with Crippen LogP contribution in [-0.4, -0.2) is 18.0 Å².